The fourth-order valence-corrected chi connectivity index (χ4v) is 1.91. The molecule has 1 unspecified atom stereocenters. The summed E-state index contributed by atoms with van der Waals surface area (Å²) in [7, 11) is 0. The van der Waals surface area contributed by atoms with Gasteiger partial charge >= 0.3 is 5.97 Å². The molecule has 0 saturated carbocycles. The van der Waals surface area contributed by atoms with Gasteiger partial charge in [-0.3, -0.25) is 9.59 Å². The standard InChI is InChI=1S/C11H21N3O3/c12-9(11(16)17)3-6-14-10(15)7-8-1-4-13-5-2-8/h8-9,13H,1-7,12H2,(H,14,15)(H,16,17). The van der Waals surface area contributed by atoms with Gasteiger partial charge in [-0.05, 0) is 38.3 Å². The molecule has 1 rings (SSSR count). The maximum Gasteiger partial charge on any atom is 0.320 e. The van der Waals surface area contributed by atoms with Crippen LogP contribution in [-0.2, 0) is 9.59 Å². The van der Waals surface area contributed by atoms with Crippen LogP contribution in [0.3, 0.4) is 0 Å². The highest BCUT2D eigenvalue weighted by Crippen LogP contribution is 2.15. The Labute approximate surface area is 101 Å². The molecule has 0 aliphatic carbocycles. The van der Waals surface area contributed by atoms with Crippen LogP contribution in [0, 0.1) is 5.92 Å². The summed E-state index contributed by atoms with van der Waals surface area (Å²) in [6.45, 7) is 2.28. The number of piperidine rings is 1. The molecule has 5 N–H and O–H groups in total. The van der Waals surface area contributed by atoms with Crippen LogP contribution in [0.4, 0.5) is 0 Å². The van der Waals surface area contributed by atoms with Gasteiger partial charge in [0, 0.05) is 13.0 Å². The van der Waals surface area contributed by atoms with Crippen molar-refractivity contribution in [1.29, 1.82) is 0 Å². The van der Waals surface area contributed by atoms with Crippen molar-refractivity contribution in [3.63, 3.8) is 0 Å². The number of carboxylic acid groups (broad SMARTS) is 1. The van der Waals surface area contributed by atoms with Gasteiger partial charge in [-0.25, -0.2) is 0 Å². The molecule has 1 saturated heterocycles. The number of hydrogen-bond donors (Lipinski definition) is 4. The van der Waals surface area contributed by atoms with E-state index in [1.807, 2.05) is 0 Å². The van der Waals surface area contributed by atoms with E-state index in [2.05, 4.69) is 10.6 Å². The van der Waals surface area contributed by atoms with Crippen LogP contribution in [0.2, 0.25) is 0 Å². The number of rotatable bonds is 6. The van der Waals surface area contributed by atoms with E-state index < -0.39 is 12.0 Å². The molecule has 0 aromatic rings. The summed E-state index contributed by atoms with van der Waals surface area (Å²) < 4.78 is 0. The molecule has 1 heterocycles. The first-order chi connectivity index (χ1) is 8.09. The van der Waals surface area contributed by atoms with E-state index in [-0.39, 0.29) is 12.3 Å². The maximum atomic E-state index is 11.5. The number of nitrogens with one attached hydrogen (secondary N) is 2. The van der Waals surface area contributed by atoms with Crippen LogP contribution in [-0.4, -0.2) is 42.7 Å². The number of carbonyl (C=O) groups is 2. The fourth-order valence-electron chi connectivity index (χ4n) is 1.91. The van der Waals surface area contributed by atoms with E-state index >= 15 is 0 Å². The van der Waals surface area contributed by atoms with Crippen molar-refractivity contribution in [3.05, 3.63) is 0 Å². The highest BCUT2D eigenvalue weighted by Gasteiger charge is 2.17. The van der Waals surface area contributed by atoms with Gasteiger partial charge in [-0.1, -0.05) is 0 Å². The molecular weight excluding hydrogens is 222 g/mol. The zero-order chi connectivity index (χ0) is 12.7. The first-order valence-corrected chi connectivity index (χ1v) is 6.05. The summed E-state index contributed by atoms with van der Waals surface area (Å²) in [5, 5.41) is 14.5. The van der Waals surface area contributed by atoms with E-state index in [0.717, 1.165) is 25.9 Å². The van der Waals surface area contributed by atoms with E-state index in [0.29, 0.717) is 18.9 Å². The minimum Gasteiger partial charge on any atom is -0.480 e. The third-order valence-corrected chi connectivity index (χ3v) is 3.03. The molecule has 0 radical (unpaired) electrons. The summed E-state index contributed by atoms with van der Waals surface area (Å²) in [6.07, 6.45) is 2.86. The minimum atomic E-state index is -1.03. The molecule has 17 heavy (non-hydrogen) atoms. The molecule has 0 aromatic carbocycles. The van der Waals surface area contributed by atoms with Gasteiger partial charge in [0.15, 0.2) is 0 Å². The van der Waals surface area contributed by atoms with Crippen molar-refractivity contribution in [2.75, 3.05) is 19.6 Å². The number of carboxylic acids is 1. The Balaban J connectivity index is 2.10. The highest BCUT2D eigenvalue weighted by atomic mass is 16.4. The maximum absolute atomic E-state index is 11.5. The predicted molar refractivity (Wildman–Crippen MR) is 63.4 cm³/mol. The SMILES string of the molecule is NC(CCNC(=O)CC1CCNCC1)C(=O)O. The molecule has 1 atom stereocenters. The third kappa shape index (κ3) is 5.65. The Morgan fingerprint density at radius 2 is 2.06 bits per heavy atom. The van der Waals surface area contributed by atoms with Gasteiger partial charge in [-0.15, -0.1) is 0 Å². The molecule has 0 aromatic heterocycles. The van der Waals surface area contributed by atoms with Gasteiger partial charge in [-0.2, -0.15) is 0 Å². The average molecular weight is 243 g/mol. The summed E-state index contributed by atoms with van der Waals surface area (Å²) >= 11 is 0. The topological polar surface area (TPSA) is 104 Å². The summed E-state index contributed by atoms with van der Waals surface area (Å²) in [5.41, 5.74) is 5.33. The van der Waals surface area contributed by atoms with Crippen molar-refractivity contribution in [2.24, 2.45) is 11.7 Å². The third-order valence-electron chi connectivity index (χ3n) is 3.03. The lowest BCUT2D eigenvalue weighted by atomic mass is 9.94. The van der Waals surface area contributed by atoms with Crippen molar-refractivity contribution in [2.45, 2.75) is 31.7 Å². The molecule has 1 aliphatic rings. The minimum absolute atomic E-state index is 0.00510. The molecule has 1 aliphatic heterocycles. The normalized spacial score (nSPS) is 18.6. The molecule has 1 fully saturated rings. The van der Waals surface area contributed by atoms with E-state index in [9.17, 15) is 9.59 Å². The van der Waals surface area contributed by atoms with Crippen LogP contribution < -0.4 is 16.4 Å². The molecule has 1 amide bonds. The smallest absolute Gasteiger partial charge is 0.320 e. The van der Waals surface area contributed by atoms with Gasteiger partial charge in [0.1, 0.15) is 6.04 Å². The molecule has 6 nitrogen and oxygen atoms in total. The van der Waals surface area contributed by atoms with Crippen LogP contribution in [0.1, 0.15) is 25.7 Å². The summed E-state index contributed by atoms with van der Waals surface area (Å²) in [6, 6.07) is -0.894. The van der Waals surface area contributed by atoms with E-state index in [1.54, 1.807) is 0 Å². The Kier molecular flexibility index (Phi) is 5.93. The molecule has 0 bridgehead atoms. The Morgan fingerprint density at radius 1 is 1.41 bits per heavy atom. The van der Waals surface area contributed by atoms with Crippen molar-refractivity contribution in [3.8, 4) is 0 Å². The lowest BCUT2D eigenvalue weighted by molar-refractivity contribution is -0.138. The number of aliphatic carboxylic acids is 1. The lowest BCUT2D eigenvalue weighted by Crippen LogP contribution is -2.36. The van der Waals surface area contributed by atoms with Crippen LogP contribution in [0.5, 0.6) is 0 Å². The van der Waals surface area contributed by atoms with Crippen LogP contribution >= 0.6 is 0 Å². The van der Waals surface area contributed by atoms with Gasteiger partial charge < -0.3 is 21.5 Å². The monoisotopic (exact) mass is 243 g/mol. The molecule has 0 spiro atoms. The molecular formula is C11H21N3O3. The highest BCUT2D eigenvalue weighted by molar-refractivity contribution is 5.76. The lowest BCUT2D eigenvalue weighted by Gasteiger charge is -2.21. The van der Waals surface area contributed by atoms with Crippen LogP contribution in [0.25, 0.3) is 0 Å². The zero-order valence-corrected chi connectivity index (χ0v) is 9.95. The van der Waals surface area contributed by atoms with Gasteiger partial charge in [0.25, 0.3) is 0 Å². The van der Waals surface area contributed by atoms with Crippen molar-refractivity contribution >= 4 is 11.9 Å². The van der Waals surface area contributed by atoms with Gasteiger partial charge in [0.05, 0.1) is 0 Å². The zero-order valence-electron chi connectivity index (χ0n) is 9.95. The first kappa shape index (κ1) is 13.9. The quantitative estimate of drug-likeness (QED) is 0.493. The average Bonchev–Trinajstić information content (AvgIpc) is 2.30. The Morgan fingerprint density at radius 3 is 2.65 bits per heavy atom. The Bertz CT molecular complexity index is 265. The van der Waals surface area contributed by atoms with E-state index in [4.69, 9.17) is 10.8 Å². The second-order valence-electron chi connectivity index (χ2n) is 4.48. The predicted octanol–water partition coefficient (Wildman–Crippen LogP) is -0.706. The summed E-state index contributed by atoms with van der Waals surface area (Å²) in [4.78, 5) is 22.0. The van der Waals surface area contributed by atoms with Crippen molar-refractivity contribution < 1.29 is 14.7 Å². The molecule has 6 heteroatoms. The summed E-state index contributed by atoms with van der Waals surface area (Å²) in [5.74, 6) is -0.587. The number of hydrogen-bond acceptors (Lipinski definition) is 4. The van der Waals surface area contributed by atoms with Crippen molar-refractivity contribution in [1.82, 2.24) is 10.6 Å². The van der Waals surface area contributed by atoms with Crippen LogP contribution in [0.15, 0.2) is 0 Å². The first-order valence-electron chi connectivity index (χ1n) is 6.05. The van der Waals surface area contributed by atoms with E-state index in [1.165, 1.54) is 0 Å². The number of nitrogens with two attached hydrogens (primary N) is 1. The number of carbonyl (C=O) groups excluding carboxylic acids is 1. The molecule has 98 valence electrons. The Hall–Kier alpha value is -1.14. The second-order valence-corrected chi connectivity index (χ2v) is 4.48. The fraction of sp³-hybridized carbons (Fsp3) is 0.818. The second kappa shape index (κ2) is 7.24. The number of amides is 1. The largest absolute Gasteiger partial charge is 0.480 e. The van der Waals surface area contributed by atoms with Gasteiger partial charge in [0.2, 0.25) is 5.91 Å².